The van der Waals surface area contributed by atoms with E-state index in [1.807, 2.05) is 0 Å². The Kier molecular flexibility index (Phi) is 6.19. The van der Waals surface area contributed by atoms with Crippen molar-refractivity contribution in [1.29, 1.82) is 5.41 Å². The van der Waals surface area contributed by atoms with Crippen molar-refractivity contribution in [3.63, 3.8) is 0 Å². The first-order valence-electron chi connectivity index (χ1n) is 6.35. The van der Waals surface area contributed by atoms with E-state index in [4.69, 9.17) is 5.41 Å². The van der Waals surface area contributed by atoms with E-state index in [2.05, 4.69) is 0 Å². The summed E-state index contributed by atoms with van der Waals surface area (Å²) in [5.41, 5.74) is 0.817. The Labute approximate surface area is 134 Å². The molecule has 1 N–H and O–H groups in total. The minimum atomic E-state index is -5.63. The van der Waals surface area contributed by atoms with Crippen molar-refractivity contribution in [1.82, 2.24) is 0 Å². The van der Waals surface area contributed by atoms with Gasteiger partial charge in [-0.15, -0.1) is 0 Å². The van der Waals surface area contributed by atoms with Crippen LogP contribution in [-0.4, -0.2) is 30.6 Å². The molecule has 0 heterocycles. The highest BCUT2D eigenvalue weighted by molar-refractivity contribution is 8.35. The molecule has 0 radical (unpaired) electrons. The summed E-state index contributed by atoms with van der Waals surface area (Å²) in [6.45, 7) is 1.75. The summed E-state index contributed by atoms with van der Waals surface area (Å²) in [6.07, 6.45) is -7.64. The quantitative estimate of drug-likeness (QED) is 0.359. The largest absolute Gasteiger partial charge is 0.453 e. The molecule has 0 atom stereocenters. The Balaban J connectivity index is 2.59. The van der Waals surface area contributed by atoms with Crippen LogP contribution in [0, 0.1) is 12.3 Å². The number of thioether (sulfide) groups is 1. The van der Waals surface area contributed by atoms with E-state index >= 15 is 0 Å². The van der Waals surface area contributed by atoms with Gasteiger partial charge >= 0.3 is 12.1 Å². The molecule has 0 aliphatic heterocycles. The molecule has 0 saturated carbocycles. The van der Waals surface area contributed by atoms with E-state index < -0.39 is 39.2 Å². The molecule has 1 rings (SSSR count). The van der Waals surface area contributed by atoms with Crippen LogP contribution in [0.5, 0.6) is 0 Å². The molecule has 1 aromatic carbocycles. The summed E-state index contributed by atoms with van der Waals surface area (Å²) in [5, 5.41) is 7.51. The lowest BCUT2D eigenvalue weighted by Gasteiger charge is -2.19. The smallest absolute Gasteiger partial charge is 0.283 e. The van der Waals surface area contributed by atoms with Crippen LogP contribution >= 0.6 is 11.8 Å². The zero-order valence-electron chi connectivity index (χ0n) is 12.0. The standard InChI is InChI=1S/C13H14F5NO2S2/c1-9-3-5-10(6-4-9)23(20,21)11(19)22-8-2-7-12(14,15)13(16,17)18/h3-6,19H,2,7-8H2,1H3. The highest BCUT2D eigenvalue weighted by atomic mass is 32.3. The fourth-order valence-corrected chi connectivity index (χ4v) is 3.84. The van der Waals surface area contributed by atoms with E-state index in [9.17, 15) is 30.4 Å². The Morgan fingerprint density at radius 2 is 1.65 bits per heavy atom. The molecule has 0 aliphatic rings. The zero-order chi connectivity index (χ0) is 17.9. The maximum atomic E-state index is 12.7. The van der Waals surface area contributed by atoms with Crippen LogP contribution in [0.15, 0.2) is 29.2 Å². The Morgan fingerprint density at radius 3 is 2.13 bits per heavy atom. The molecule has 23 heavy (non-hydrogen) atoms. The topological polar surface area (TPSA) is 58.0 Å². The monoisotopic (exact) mass is 375 g/mol. The van der Waals surface area contributed by atoms with Gasteiger partial charge in [-0.25, -0.2) is 8.42 Å². The molecule has 0 spiro atoms. The van der Waals surface area contributed by atoms with E-state index in [1.165, 1.54) is 24.3 Å². The van der Waals surface area contributed by atoms with E-state index in [0.29, 0.717) is 11.8 Å². The predicted molar refractivity (Wildman–Crippen MR) is 78.8 cm³/mol. The van der Waals surface area contributed by atoms with Gasteiger partial charge in [0.2, 0.25) is 9.84 Å². The second-order valence-electron chi connectivity index (χ2n) is 4.76. The highest BCUT2D eigenvalue weighted by Gasteiger charge is 2.56. The second kappa shape index (κ2) is 7.16. The second-order valence-corrected chi connectivity index (χ2v) is 8.01. The number of nitrogens with one attached hydrogen (secondary N) is 1. The van der Waals surface area contributed by atoms with Gasteiger partial charge in [0.25, 0.3) is 0 Å². The van der Waals surface area contributed by atoms with Crippen LogP contribution in [0.3, 0.4) is 0 Å². The molecule has 0 saturated heterocycles. The lowest BCUT2D eigenvalue weighted by molar-refractivity contribution is -0.284. The molecular formula is C13H14F5NO2S2. The number of aryl methyl sites for hydroxylation is 1. The van der Waals surface area contributed by atoms with Crippen LogP contribution in [-0.2, 0) is 9.84 Å². The van der Waals surface area contributed by atoms with E-state index in [-0.39, 0.29) is 10.6 Å². The number of alkyl halides is 5. The van der Waals surface area contributed by atoms with Gasteiger partial charge in [0.1, 0.15) is 0 Å². The molecule has 0 amide bonds. The molecular weight excluding hydrogens is 361 g/mol. The summed E-state index contributed by atoms with van der Waals surface area (Å²) in [7, 11) is -4.06. The van der Waals surface area contributed by atoms with Gasteiger partial charge in [-0.2, -0.15) is 22.0 Å². The average Bonchev–Trinajstić information content (AvgIpc) is 2.42. The lowest BCUT2D eigenvalue weighted by Crippen LogP contribution is -2.36. The van der Waals surface area contributed by atoms with Crippen molar-refractivity contribution in [3.05, 3.63) is 29.8 Å². The molecule has 0 bridgehead atoms. The first-order chi connectivity index (χ1) is 10.4. The normalized spacial score (nSPS) is 13.1. The Bertz CT molecular complexity index is 654. The third-order valence-corrected chi connectivity index (χ3v) is 6.01. The Morgan fingerprint density at radius 1 is 1.13 bits per heavy atom. The number of sulfone groups is 1. The first-order valence-corrected chi connectivity index (χ1v) is 8.82. The molecule has 0 aromatic heterocycles. The molecule has 0 fully saturated rings. The van der Waals surface area contributed by atoms with Crippen molar-refractivity contribution in [2.45, 2.75) is 36.8 Å². The number of hydrogen-bond acceptors (Lipinski definition) is 4. The van der Waals surface area contributed by atoms with Crippen LogP contribution in [0.1, 0.15) is 18.4 Å². The van der Waals surface area contributed by atoms with Crippen LogP contribution in [0.4, 0.5) is 22.0 Å². The maximum absolute atomic E-state index is 12.7. The summed E-state index contributed by atoms with van der Waals surface area (Å²) < 4.78 is 84.5. The number of halogens is 5. The molecule has 10 heteroatoms. The van der Waals surface area contributed by atoms with Gasteiger partial charge in [-0.05, 0) is 25.5 Å². The average molecular weight is 375 g/mol. The molecule has 0 unspecified atom stereocenters. The van der Waals surface area contributed by atoms with Gasteiger partial charge in [0.15, 0.2) is 4.38 Å². The fourth-order valence-electron chi connectivity index (χ4n) is 1.50. The molecule has 130 valence electrons. The number of benzene rings is 1. The first kappa shape index (κ1) is 19.9. The maximum Gasteiger partial charge on any atom is 0.453 e. The third kappa shape index (κ3) is 5.17. The van der Waals surface area contributed by atoms with Crippen LogP contribution < -0.4 is 0 Å². The van der Waals surface area contributed by atoms with Gasteiger partial charge in [0, 0.05) is 12.2 Å². The van der Waals surface area contributed by atoms with Crippen molar-refractivity contribution >= 4 is 26.0 Å². The van der Waals surface area contributed by atoms with Crippen molar-refractivity contribution in [3.8, 4) is 0 Å². The van der Waals surface area contributed by atoms with E-state index in [0.717, 1.165) is 5.56 Å². The third-order valence-electron chi connectivity index (χ3n) is 2.86. The minimum Gasteiger partial charge on any atom is -0.283 e. The van der Waals surface area contributed by atoms with Crippen LogP contribution in [0.2, 0.25) is 0 Å². The molecule has 3 nitrogen and oxygen atoms in total. The lowest BCUT2D eigenvalue weighted by atomic mass is 10.2. The highest BCUT2D eigenvalue weighted by Crippen LogP contribution is 2.39. The molecule has 1 aromatic rings. The van der Waals surface area contributed by atoms with Crippen molar-refractivity contribution in [2.75, 3.05) is 5.75 Å². The van der Waals surface area contributed by atoms with Gasteiger partial charge < -0.3 is 0 Å². The molecule has 0 aliphatic carbocycles. The fraction of sp³-hybridized carbons (Fsp3) is 0.462. The summed E-state index contributed by atoms with van der Waals surface area (Å²) in [5.74, 6) is -5.14. The number of rotatable bonds is 5. The summed E-state index contributed by atoms with van der Waals surface area (Å²) in [4.78, 5) is -0.124. The van der Waals surface area contributed by atoms with Gasteiger partial charge in [-0.1, -0.05) is 29.5 Å². The summed E-state index contributed by atoms with van der Waals surface area (Å²) in [6, 6.07) is 5.68. The van der Waals surface area contributed by atoms with Crippen molar-refractivity contribution < 1.29 is 30.4 Å². The van der Waals surface area contributed by atoms with Gasteiger partial charge in [0.05, 0.1) is 4.90 Å². The van der Waals surface area contributed by atoms with E-state index in [1.54, 1.807) is 6.92 Å². The van der Waals surface area contributed by atoms with Crippen molar-refractivity contribution in [2.24, 2.45) is 0 Å². The summed E-state index contributed by atoms with van der Waals surface area (Å²) >= 11 is 0.428. The minimum absolute atomic E-state index is 0.124. The predicted octanol–water partition coefficient (Wildman–Crippen LogP) is 4.41. The van der Waals surface area contributed by atoms with Crippen LogP contribution in [0.25, 0.3) is 0 Å². The Hall–Kier alpha value is -1.16. The zero-order valence-corrected chi connectivity index (χ0v) is 13.6. The SMILES string of the molecule is Cc1ccc(S(=O)(=O)C(=N)SCCCC(F)(F)C(F)(F)F)cc1. The number of hydrogen-bond donors (Lipinski definition) is 1. The van der Waals surface area contributed by atoms with Gasteiger partial charge in [-0.3, -0.25) is 5.41 Å².